The van der Waals surface area contributed by atoms with Gasteiger partial charge >= 0.3 is 0 Å². The third-order valence-electron chi connectivity index (χ3n) is 3.34. The SMILES string of the molecule is CN1CCCNC(C)(c2ccccc2F)C1=O. The Bertz CT molecular complexity index is 435. The van der Waals surface area contributed by atoms with Gasteiger partial charge in [-0.05, 0) is 26.0 Å². The van der Waals surface area contributed by atoms with Crippen molar-refractivity contribution in [2.45, 2.75) is 18.9 Å². The summed E-state index contributed by atoms with van der Waals surface area (Å²) in [6.45, 7) is 3.16. The summed E-state index contributed by atoms with van der Waals surface area (Å²) in [6, 6.07) is 6.44. The summed E-state index contributed by atoms with van der Waals surface area (Å²) in [5.41, 5.74) is -0.546. The number of amides is 1. The minimum atomic E-state index is -0.962. The Balaban J connectivity index is 2.46. The van der Waals surface area contributed by atoms with Crippen LogP contribution in [-0.2, 0) is 10.3 Å². The minimum absolute atomic E-state index is 0.0832. The molecule has 92 valence electrons. The van der Waals surface area contributed by atoms with Crippen molar-refractivity contribution in [1.82, 2.24) is 10.2 Å². The zero-order valence-corrected chi connectivity index (χ0v) is 10.2. The number of rotatable bonds is 1. The van der Waals surface area contributed by atoms with Gasteiger partial charge < -0.3 is 4.90 Å². The standard InChI is InChI=1S/C13H17FN2O/c1-13(10-6-3-4-7-11(10)14)12(17)16(2)9-5-8-15-13/h3-4,6-7,15H,5,8-9H2,1-2H3. The second-order valence-electron chi connectivity index (χ2n) is 4.61. The molecule has 1 aromatic rings. The topological polar surface area (TPSA) is 32.3 Å². The molecule has 3 nitrogen and oxygen atoms in total. The maximum Gasteiger partial charge on any atom is 0.247 e. The summed E-state index contributed by atoms with van der Waals surface area (Å²) in [5, 5.41) is 3.16. The predicted octanol–water partition coefficient (Wildman–Crippen LogP) is 1.49. The first-order valence-corrected chi connectivity index (χ1v) is 5.81. The zero-order valence-electron chi connectivity index (χ0n) is 10.2. The Morgan fingerprint density at radius 2 is 2.12 bits per heavy atom. The summed E-state index contributed by atoms with van der Waals surface area (Å²) in [6.07, 6.45) is 0.881. The summed E-state index contributed by atoms with van der Waals surface area (Å²) in [4.78, 5) is 14.0. The number of nitrogens with one attached hydrogen (secondary N) is 1. The van der Waals surface area contributed by atoms with Gasteiger partial charge in [-0.3, -0.25) is 10.1 Å². The maximum atomic E-state index is 13.8. The molecule has 1 heterocycles. The fourth-order valence-electron chi connectivity index (χ4n) is 2.29. The van der Waals surface area contributed by atoms with Crippen LogP contribution in [0.1, 0.15) is 18.9 Å². The van der Waals surface area contributed by atoms with Crippen molar-refractivity contribution in [2.75, 3.05) is 20.1 Å². The lowest BCUT2D eigenvalue weighted by Crippen LogP contribution is -2.50. The van der Waals surface area contributed by atoms with E-state index in [1.807, 2.05) is 0 Å². The lowest BCUT2D eigenvalue weighted by atomic mass is 9.90. The molecule has 0 radical (unpaired) electrons. The molecular weight excluding hydrogens is 219 g/mol. The van der Waals surface area contributed by atoms with E-state index in [2.05, 4.69) is 5.32 Å². The van der Waals surface area contributed by atoms with Crippen molar-refractivity contribution in [3.8, 4) is 0 Å². The van der Waals surface area contributed by atoms with Crippen LogP contribution in [0.5, 0.6) is 0 Å². The molecule has 1 aromatic carbocycles. The van der Waals surface area contributed by atoms with Gasteiger partial charge in [-0.2, -0.15) is 0 Å². The van der Waals surface area contributed by atoms with Crippen LogP contribution < -0.4 is 5.32 Å². The van der Waals surface area contributed by atoms with Gasteiger partial charge in [0.1, 0.15) is 11.4 Å². The van der Waals surface area contributed by atoms with Crippen molar-refractivity contribution < 1.29 is 9.18 Å². The monoisotopic (exact) mass is 236 g/mol. The number of hydrogen-bond donors (Lipinski definition) is 1. The van der Waals surface area contributed by atoms with Crippen LogP contribution in [0.25, 0.3) is 0 Å². The van der Waals surface area contributed by atoms with Crippen molar-refractivity contribution in [2.24, 2.45) is 0 Å². The molecule has 4 heteroatoms. The minimum Gasteiger partial charge on any atom is -0.344 e. The Labute approximate surface area is 101 Å². The fourth-order valence-corrected chi connectivity index (χ4v) is 2.29. The third-order valence-corrected chi connectivity index (χ3v) is 3.34. The van der Waals surface area contributed by atoms with Crippen LogP contribution >= 0.6 is 0 Å². The van der Waals surface area contributed by atoms with Gasteiger partial charge in [-0.25, -0.2) is 4.39 Å². The fraction of sp³-hybridized carbons (Fsp3) is 0.462. The molecule has 1 N–H and O–H groups in total. The maximum absolute atomic E-state index is 13.8. The Morgan fingerprint density at radius 1 is 1.41 bits per heavy atom. The molecule has 0 saturated carbocycles. The Kier molecular flexibility index (Phi) is 3.15. The van der Waals surface area contributed by atoms with E-state index in [1.165, 1.54) is 6.07 Å². The van der Waals surface area contributed by atoms with Gasteiger partial charge in [0.2, 0.25) is 5.91 Å². The molecule has 2 rings (SSSR count). The molecule has 1 unspecified atom stereocenters. The highest BCUT2D eigenvalue weighted by molar-refractivity contribution is 5.87. The van der Waals surface area contributed by atoms with Gasteiger partial charge in [0, 0.05) is 19.2 Å². The molecule has 17 heavy (non-hydrogen) atoms. The van der Waals surface area contributed by atoms with E-state index in [0.29, 0.717) is 18.7 Å². The number of carbonyl (C=O) groups excluding carboxylic acids is 1. The van der Waals surface area contributed by atoms with E-state index in [0.717, 1.165) is 6.42 Å². The predicted molar refractivity (Wildman–Crippen MR) is 64.0 cm³/mol. The molecule has 1 aliphatic heterocycles. The van der Waals surface area contributed by atoms with E-state index < -0.39 is 5.54 Å². The Morgan fingerprint density at radius 3 is 2.82 bits per heavy atom. The van der Waals surface area contributed by atoms with E-state index in [9.17, 15) is 9.18 Å². The number of likely N-dealkylation sites (N-methyl/N-ethyl adjacent to an activating group) is 1. The van der Waals surface area contributed by atoms with E-state index in [1.54, 1.807) is 37.1 Å². The second-order valence-corrected chi connectivity index (χ2v) is 4.61. The molecule has 1 aliphatic rings. The van der Waals surface area contributed by atoms with Crippen LogP contribution in [-0.4, -0.2) is 30.9 Å². The highest BCUT2D eigenvalue weighted by atomic mass is 19.1. The van der Waals surface area contributed by atoms with Crippen LogP contribution in [0.2, 0.25) is 0 Å². The van der Waals surface area contributed by atoms with Crippen molar-refractivity contribution in [3.63, 3.8) is 0 Å². The highest BCUT2D eigenvalue weighted by Crippen LogP contribution is 2.27. The van der Waals surface area contributed by atoms with Crippen LogP contribution in [0, 0.1) is 5.82 Å². The third kappa shape index (κ3) is 2.05. The second kappa shape index (κ2) is 4.45. The molecule has 1 fully saturated rings. The first kappa shape index (κ1) is 12.0. The largest absolute Gasteiger partial charge is 0.344 e. The van der Waals surface area contributed by atoms with Gasteiger partial charge in [0.15, 0.2) is 0 Å². The number of halogens is 1. The molecular formula is C13H17FN2O. The van der Waals surface area contributed by atoms with Crippen molar-refractivity contribution in [3.05, 3.63) is 35.6 Å². The van der Waals surface area contributed by atoms with Crippen molar-refractivity contribution in [1.29, 1.82) is 0 Å². The lowest BCUT2D eigenvalue weighted by Gasteiger charge is -2.31. The lowest BCUT2D eigenvalue weighted by molar-refractivity contribution is -0.135. The van der Waals surface area contributed by atoms with Gasteiger partial charge in [0.05, 0.1) is 0 Å². The molecule has 1 saturated heterocycles. The first-order chi connectivity index (χ1) is 8.05. The van der Waals surface area contributed by atoms with Gasteiger partial charge in [-0.15, -0.1) is 0 Å². The average Bonchev–Trinajstić information content (AvgIpc) is 2.44. The molecule has 0 spiro atoms. The molecule has 0 aliphatic carbocycles. The first-order valence-electron chi connectivity index (χ1n) is 5.81. The summed E-state index contributed by atoms with van der Waals surface area (Å²) in [5.74, 6) is -0.425. The molecule has 0 aromatic heterocycles. The zero-order chi connectivity index (χ0) is 12.5. The normalized spacial score (nSPS) is 25.8. The smallest absolute Gasteiger partial charge is 0.247 e. The number of benzene rings is 1. The van der Waals surface area contributed by atoms with Gasteiger partial charge in [0.25, 0.3) is 0 Å². The van der Waals surface area contributed by atoms with Gasteiger partial charge in [-0.1, -0.05) is 18.2 Å². The van der Waals surface area contributed by atoms with Crippen LogP contribution in [0.4, 0.5) is 4.39 Å². The van der Waals surface area contributed by atoms with E-state index >= 15 is 0 Å². The van der Waals surface area contributed by atoms with E-state index in [-0.39, 0.29) is 11.7 Å². The van der Waals surface area contributed by atoms with E-state index in [4.69, 9.17) is 0 Å². The van der Waals surface area contributed by atoms with Crippen LogP contribution in [0.3, 0.4) is 0 Å². The van der Waals surface area contributed by atoms with Crippen LogP contribution in [0.15, 0.2) is 24.3 Å². The summed E-state index contributed by atoms with van der Waals surface area (Å²) < 4.78 is 13.8. The highest BCUT2D eigenvalue weighted by Gasteiger charge is 2.40. The Hall–Kier alpha value is -1.42. The molecule has 0 bridgehead atoms. The summed E-state index contributed by atoms with van der Waals surface area (Å²) >= 11 is 0. The average molecular weight is 236 g/mol. The number of nitrogens with zero attached hydrogens (tertiary/aromatic N) is 1. The summed E-state index contributed by atoms with van der Waals surface area (Å²) in [7, 11) is 1.76. The van der Waals surface area contributed by atoms with Crippen molar-refractivity contribution >= 4 is 5.91 Å². The molecule has 1 atom stereocenters. The quantitative estimate of drug-likeness (QED) is 0.801. The molecule has 1 amide bonds. The number of carbonyl (C=O) groups is 1. The number of hydrogen-bond acceptors (Lipinski definition) is 2.